The zero-order valence-corrected chi connectivity index (χ0v) is 22.9. The Hall–Kier alpha value is -4.21. The van der Waals surface area contributed by atoms with Crippen LogP contribution in [0.2, 0.25) is 0 Å². The molecule has 1 aliphatic rings. The summed E-state index contributed by atoms with van der Waals surface area (Å²) in [4.78, 5) is 33.8. The van der Waals surface area contributed by atoms with Crippen LogP contribution in [0.15, 0.2) is 59.2 Å². The fourth-order valence-electron chi connectivity index (χ4n) is 4.44. The largest absolute Gasteiger partial charge is 0.496 e. The molecule has 2 heterocycles. The van der Waals surface area contributed by atoms with Crippen LogP contribution >= 0.6 is 0 Å². The van der Waals surface area contributed by atoms with Gasteiger partial charge < -0.3 is 14.8 Å². The Labute approximate surface area is 230 Å². The van der Waals surface area contributed by atoms with Crippen molar-refractivity contribution in [3.05, 3.63) is 70.9 Å². The number of carbonyl (C=O) groups is 2. The molecule has 0 bridgehead atoms. The van der Waals surface area contributed by atoms with Gasteiger partial charge in [0.15, 0.2) is 0 Å². The van der Waals surface area contributed by atoms with Crippen LogP contribution in [0.5, 0.6) is 17.2 Å². The van der Waals surface area contributed by atoms with Crippen LogP contribution in [-0.2, 0) is 17.4 Å². The molecule has 2 aromatic carbocycles. The monoisotopic (exact) mass is 553 g/mol. The number of carbonyl (C=O) groups excluding carboxylic acids is 2. The first-order valence-corrected chi connectivity index (χ1v) is 12.6. The molecular weight excluding hydrogens is 523 g/mol. The Morgan fingerprint density at radius 3 is 2.40 bits per heavy atom. The fraction of sp³-hybridized carbons (Fsp3) is 0.333. The topological polar surface area (TPSA) is 89.9 Å². The minimum atomic E-state index is -4.70. The van der Waals surface area contributed by atoms with E-state index in [1.54, 1.807) is 6.07 Å². The lowest BCUT2D eigenvalue weighted by Crippen LogP contribution is -2.18. The van der Waals surface area contributed by atoms with Gasteiger partial charge in [-0.15, -0.1) is 0 Å². The van der Waals surface area contributed by atoms with Crippen molar-refractivity contribution in [3.8, 4) is 17.2 Å². The van der Waals surface area contributed by atoms with Crippen LogP contribution in [0.1, 0.15) is 48.7 Å². The Bertz CT molecular complexity index is 1540. The first kappa shape index (κ1) is 28.8. The number of ketones is 1. The van der Waals surface area contributed by atoms with E-state index in [1.165, 1.54) is 44.6 Å². The Morgan fingerprint density at radius 1 is 1.02 bits per heavy atom. The normalized spacial score (nSPS) is 13.6. The van der Waals surface area contributed by atoms with Crippen molar-refractivity contribution in [2.75, 3.05) is 20.7 Å². The maximum absolute atomic E-state index is 14.1. The quantitative estimate of drug-likeness (QED) is 0.352. The highest BCUT2D eigenvalue weighted by atomic mass is 19.4. The van der Waals surface area contributed by atoms with Gasteiger partial charge in [0.2, 0.25) is 0 Å². The first-order valence-electron chi connectivity index (χ1n) is 12.6. The summed E-state index contributed by atoms with van der Waals surface area (Å²) in [6, 6.07) is 8.10. The third-order valence-corrected chi connectivity index (χ3v) is 6.48. The van der Waals surface area contributed by atoms with Crippen LogP contribution in [0.25, 0.3) is 10.9 Å². The van der Waals surface area contributed by atoms with Gasteiger partial charge in [0, 0.05) is 48.7 Å². The first-order chi connectivity index (χ1) is 18.8. The van der Waals surface area contributed by atoms with Crippen molar-refractivity contribution in [3.63, 3.8) is 0 Å². The summed E-state index contributed by atoms with van der Waals surface area (Å²) in [5, 5.41) is 2.94. The van der Waals surface area contributed by atoms with Gasteiger partial charge in [-0.05, 0) is 41.5 Å². The standard InChI is InChI=1S/C30H30F3N3O4/c1-29(2,3)27-11-17(16-36-27)10-19(37)12-18-6-7-20(13-23(18)30(31,32)33)40-25-8-9-35-24-15-26(39-5)22(14-21(24)25)28(38)34-4/h6-9,11,13-15H,10,12,16H2,1-5H3,(H,34,38). The van der Waals surface area contributed by atoms with E-state index in [2.05, 4.69) is 15.3 Å². The summed E-state index contributed by atoms with van der Waals surface area (Å²) >= 11 is 0. The number of hydrogen-bond acceptors (Lipinski definition) is 6. The number of Topliss-reactive ketones (excluding diaryl/α,β-unsaturated/α-hetero) is 1. The summed E-state index contributed by atoms with van der Waals surface area (Å²) in [6.45, 7) is 6.42. The van der Waals surface area contributed by atoms with E-state index in [9.17, 15) is 22.8 Å². The third kappa shape index (κ3) is 6.32. The van der Waals surface area contributed by atoms with Crippen molar-refractivity contribution >= 4 is 28.3 Å². The Morgan fingerprint density at radius 2 is 1.77 bits per heavy atom. The number of methoxy groups -OCH3 is 1. The lowest BCUT2D eigenvalue weighted by atomic mass is 9.89. The van der Waals surface area contributed by atoms with Gasteiger partial charge in [-0.1, -0.05) is 26.8 Å². The zero-order valence-electron chi connectivity index (χ0n) is 22.9. The molecule has 0 saturated carbocycles. The highest BCUT2D eigenvalue weighted by molar-refractivity contribution is 6.03. The van der Waals surface area contributed by atoms with E-state index in [4.69, 9.17) is 9.47 Å². The smallest absolute Gasteiger partial charge is 0.416 e. The van der Waals surface area contributed by atoms with Gasteiger partial charge in [0.1, 0.15) is 23.0 Å². The van der Waals surface area contributed by atoms with Gasteiger partial charge in [-0.2, -0.15) is 13.2 Å². The maximum atomic E-state index is 14.1. The summed E-state index contributed by atoms with van der Waals surface area (Å²) in [5.74, 6) is -0.310. The molecule has 0 unspecified atom stereocenters. The average molecular weight is 554 g/mol. The number of amides is 1. The predicted molar refractivity (Wildman–Crippen MR) is 146 cm³/mol. The molecule has 4 rings (SSSR count). The minimum absolute atomic E-state index is 0.0404. The molecule has 1 N–H and O–H groups in total. The molecule has 0 aliphatic carbocycles. The molecule has 0 fully saturated rings. The molecule has 0 radical (unpaired) electrons. The van der Waals surface area contributed by atoms with Crippen molar-refractivity contribution < 1.29 is 32.2 Å². The number of allylic oxidation sites excluding steroid dienone is 1. The van der Waals surface area contributed by atoms with Gasteiger partial charge in [0.05, 0.1) is 30.3 Å². The molecule has 1 aromatic heterocycles. The van der Waals surface area contributed by atoms with Crippen molar-refractivity contribution in [1.29, 1.82) is 0 Å². The number of halogens is 3. The van der Waals surface area contributed by atoms with Crippen LogP contribution in [-0.4, -0.2) is 43.1 Å². The molecule has 1 aliphatic heterocycles. The number of benzene rings is 2. The van der Waals surface area contributed by atoms with Crippen molar-refractivity contribution in [2.24, 2.45) is 10.4 Å². The van der Waals surface area contributed by atoms with Crippen LogP contribution in [0, 0.1) is 5.41 Å². The highest BCUT2D eigenvalue weighted by Gasteiger charge is 2.34. The van der Waals surface area contributed by atoms with E-state index < -0.39 is 17.6 Å². The van der Waals surface area contributed by atoms with E-state index in [0.717, 1.165) is 17.4 Å². The number of nitrogens with zero attached hydrogens (tertiary/aromatic N) is 2. The maximum Gasteiger partial charge on any atom is 0.416 e. The molecule has 10 heteroatoms. The van der Waals surface area contributed by atoms with Gasteiger partial charge in [-0.3, -0.25) is 19.6 Å². The number of fused-ring (bicyclic) bond motifs is 1. The number of alkyl halides is 3. The fourth-order valence-corrected chi connectivity index (χ4v) is 4.44. The van der Waals surface area contributed by atoms with Gasteiger partial charge >= 0.3 is 6.18 Å². The average Bonchev–Trinajstić information content (AvgIpc) is 3.37. The summed E-state index contributed by atoms with van der Waals surface area (Å²) in [7, 11) is 2.89. The van der Waals surface area contributed by atoms with E-state index in [1.807, 2.05) is 26.8 Å². The number of nitrogens with one attached hydrogen (secondary N) is 1. The predicted octanol–water partition coefficient (Wildman–Crippen LogP) is 6.34. The number of aromatic nitrogens is 1. The summed E-state index contributed by atoms with van der Waals surface area (Å²) < 4.78 is 53.3. The van der Waals surface area contributed by atoms with Gasteiger partial charge in [-0.25, -0.2) is 0 Å². The summed E-state index contributed by atoms with van der Waals surface area (Å²) in [6.07, 6.45) is -1.72. The molecule has 0 spiro atoms. The summed E-state index contributed by atoms with van der Waals surface area (Å²) in [5.41, 5.74) is 1.07. The van der Waals surface area contributed by atoms with Crippen molar-refractivity contribution in [2.45, 2.75) is 39.8 Å². The number of pyridine rings is 1. The van der Waals surface area contributed by atoms with Crippen LogP contribution < -0.4 is 14.8 Å². The molecule has 40 heavy (non-hydrogen) atoms. The van der Waals surface area contributed by atoms with Crippen LogP contribution in [0.3, 0.4) is 0 Å². The molecule has 1 amide bonds. The molecule has 210 valence electrons. The second kappa shape index (κ2) is 11.1. The second-order valence-electron chi connectivity index (χ2n) is 10.5. The van der Waals surface area contributed by atoms with E-state index >= 15 is 0 Å². The number of hydrogen-bond donors (Lipinski definition) is 1. The van der Waals surface area contributed by atoms with Gasteiger partial charge in [0.25, 0.3) is 5.91 Å². The van der Waals surface area contributed by atoms with Crippen molar-refractivity contribution in [1.82, 2.24) is 10.3 Å². The molecule has 0 saturated heterocycles. The highest BCUT2D eigenvalue weighted by Crippen LogP contribution is 2.38. The molecule has 3 aromatic rings. The minimum Gasteiger partial charge on any atom is -0.496 e. The molecule has 0 atom stereocenters. The molecular formula is C30H30F3N3O4. The number of ether oxygens (including phenoxy) is 2. The van der Waals surface area contributed by atoms with E-state index in [-0.39, 0.29) is 46.7 Å². The third-order valence-electron chi connectivity index (χ3n) is 6.48. The molecule has 7 nitrogen and oxygen atoms in total. The number of rotatable bonds is 8. The van der Waals surface area contributed by atoms with Crippen LogP contribution in [0.4, 0.5) is 13.2 Å². The lowest BCUT2D eigenvalue weighted by Gasteiger charge is -2.16. The number of aliphatic imine (C=N–C) groups is 1. The second-order valence-corrected chi connectivity index (χ2v) is 10.5. The van der Waals surface area contributed by atoms with E-state index in [0.29, 0.717) is 23.2 Å². The Balaban J connectivity index is 1.61. The lowest BCUT2D eigenvalue weighted by molar-refractivity contribution is -0.138. The SMILES string of the molecule is CNC(=O)c1cc2c(Oc3ccc(CC(=O)CC4=CC(C(C)(C)C)=NC4)c(C(F)(F)F)c3)ccnc2cc1OC. The Kier molecular flexibility index (Phi) is 8.00. The zero-order chi connectivity index (χ0) is 29.2.